The van der Waals surface area contributed by atoms with Gasteiger partial charge in [-0.1, -0.05) is 0 Å². The second-order valence-corrected chi connectivity index (χ2v) is 6.91. The van der Waals surface area contributed by atoms with Gasteiger partial charge in [-0.25, -0.2) is 0 Å². The normalized spacial score (nSPS) is 18.6. The lowest BCUT2D eigenvalue weighted by Crippen LogP contribution is -2.47. The molecule has 0 aliphatic carbocycles. The van der Waals surface area contributed by atoms with Crippen LogP contribution in [0.5, 0.6) is 0 Å². The molecule has 106 valence electrons. The summed E-state index contributed by atoms with van der Waals surface area (Å²) in [4.78, 5) is 16.9. The molecule has 0 spiro atoms. The van der Waals surface area contributed by atoms with Gasteiger partial charge in [0.25, 0.3) is 0 Å². The summed E-state index contributed by atoms with van der Waals surface area (Å²) in [7, 11) is 0. The number of carbonyl (C=O) groups excluding carboxylic acids is 1. The highest BCUT2D eigenvalue weighted by atomic mass is 32.1. The maximum atomic E-state index is 12.2. The van der Waals surface area contributed by atoms with Gasteiger partial charge in [-0.05, 0) is 52.2 Å². The van der Waals surface area contributed by atoms with Crippen LogP contribution in [-0.2, 0) is 11.2 Å². The molecule has 0 aromatic carbocycles. The van der Waals surface area contributed by atoms with Gasteiger partial charge in [0.1, 0.15) is 0 Å². The molecule has 1 saturated heterocycles. The highest BCUT2D eigenvalue weighted by Crippen LogP contribution is 2.17. The zero-order valence-electron chi connectivity index (χ0n) is 12.1. The Balaban J connectivity index is 1.80. The van der Waals surface area contributed by atoms with Crippen LogP contribution in [0.4, 0.5) is 0 Å². The molecule has 2 heterocycles. The van der Waals surface area contributed by atoms with Gasteiger partial charge in [-0.2, -0.15) is 0 Å². The van der Waals surface area contributed by atoms with Crippen molar-refractivity contribution < 1.29 is 4.79 Å². The molecule has 3 nitrogen and oxygen atoms in total. The Morgan fingerprint density at radius 2 is 2.05 bits per heavy atom. The molecule has 2 atom stereocenters. The monoisotopic (exact) mass is 280 g/mol. The van der Waals surface area contributed by atoms with Crippen LogP contribution in [-0.4, -0.2) is 36.0 Å². The maximum Gasteiger partial charge on any atom is 0.239 e. The first-order valence-corrected chi connectivity index (χ1v) is 7.98. The molecule has 2 unspecified atom stereocenters. The van der Waals surface area contributed by atoms with E-state index in [1.54, 1.807) is 0 Å². The third kappa shape index (κ3) is 4.05. The highest BCUT2D eigenvalue weighted by Gasteiger charge is 2.24. The van der Waals surface area contributed by atoms with Crippen molar-refractivity contribution in [2.24, 2.45) is 0 Å². The summed E-state index contributed by atoms with van der Waals surface area (Å²) < 4.78 is 0. The zero-order valence-corrected chi connectivity index (χ0v) is 12.9. The molecule has 2 rings (SSSR count). The Morgan fingerprint density at radius 1 is 1.37 bits per heavy atom. The molecule has 1 fully saturated rings. The van der Waals surface area contributed by atoms with Gasteiger partial charge in [0.05, 0.1) is 6.04 Å². The molecule has 1 amide bonds. The number of likely N-dealkylation sites (tertiary alicyclic amines) is 1. The lowest BCUT2D eigenvalue weighted by molar-refractivity contribution is -0.132. The summed E-state index contributed by atoms with van der Waals surface area (Å²) in [6, 6.07) is 4.60. The number of thiophene rings is 1. The SMILES string of the molecule is Cc1ccc(CC(C)NC(C)C(=O)N2CCCC2)s1. The van der Waals surface area contributed by atoms with Crippen molar-refractivity contribution >= 4 is 17.2 Å². The summed E-state index contributed by atoms with van der Waals surface area (Å²) in [5.41, 5.74) is 0. The van der Waals surface area contributed by atoms with Gasteiger partial charge < -0.3 is 10.2 Å². The lowest BCUT2D eigenvalue weighted by Gasteiger charge is -2.24. The Bertz CT molecular complexity index is 424. The van der Waals surface area contributed by atoms with Crippen LogP contribution in [0.2, 0.25) is 0 Å². The van der Waals surface area contributed by atoms with Crippen LogP contribution in [0, 0.1) is 6.92 Å². The average molecular weight is 280 g/mol. The predicted molar refractivity (Wildman–Crippen MR) is 80.6 cm³/mol. The summed E-state index contributed by atoms with van der Waals surface area (Å²) in [5, 5.41) is 3.43. The lowest BCUT2D eigenvalue weighted by atomic mass is 10.1. The molecule has 0 bridgehead atoms. The van der Waals surface area contributed by atoms with Crippen molar-refractivity contribution in [3.63, 3.8) is 0 Å². The molecule has 19 heavy (non-hydrogen) atoms. The van der Waals surface area contributed by atoms with E-state index in [2.05, 4.69) is 31.3 Å². The van der Waals surface area contributed by atoms with Gasteiger partial charge >= 0.3 is 0 Å². The Morgan fingerprint density at radius 3 is 2.63 bits per heavy atom. The molecule has 0 radical (unpaired) electrons. The average Bonchev–Trinajstić information content (AvgIpc) is 2.99. The van der Waals surface area contributed by atoms with E-state index < -0.39 is 0 Å². The first-order chi connectivity index (χ1) is 9.06. The maximum absolute atomic E-state index is 12.2. The fourth-order valence-corrected chi connectivity index (χ4v) is 3.68. The van der Waals surface area contributed by atoms with Crippen LogP contribution >= 0.6 is 11.3 Å². The van der Waals surface area contributed by atoms with Crippen molar-refractivity contribution in [3.8, 4) is 0 Å². The molecule has 1 N–H and O–H groups in total. The van der Waals surface area contributed by atoms with E-state index in [-0.39, 0.29) is 11.9 Å². The number of amides is 1. The molecule has 1 aliphatic heterocycles. The van der Waals surface area contributed by atoms with E-state index in [1.807, 2.05) is 23.2 Å². The minimum absolute atomic E-state index is 0.0749. The summed E-state index contributed by atoms with van der Waals surface area (Å²) in [6.45, 7) is 8.14. The molecule has 1 aliphatic rings. The van der Waals surface area contributed by atoms with E-state index in [4.69, 9.17) is 0 Å². The minimum atomic E-state index is -0.0749. The topological polar surface area (TPSA) is 32.3 Å². The number of hydrogen-bond donors (Lipinski definition) is 1. The van der Waals surface area contributed by atoms with Crippen molar-refractivity contribution in [1.82, 2.24) is 10.2 Å². The Labute approximate surface area is 120 Å². The number of hydrogen-bond acceptors (Lipinski definition) is 3. The third-order valence-corrected chi connectivity index (χ3v) is 4.65. The van der Waals surface area contributed by atoms with Crippen molar-refractivity contribution in [2.45, 2.75) is 52.1 Å². The quantitative estimate of drug-likeness (QED) is 0.899. The Kier molecular flexibility index (Phi) is 4.99. The summed E-state index contributed by atoms with van der Waals surface area (Å²) in [5.74, 6) is 0.256. The second-order valence-electron chi connectivity index (χ2n) is 5.54. The van der Waals surface area contributed by atoms with Gasteiger partial charge in [-0.15, -0.1) is 11.3 Å². The van der Waals surface area contributed by atoms with E-state index in [9.17, 15) is 4.79 Å². The minimum Gasteiger partial charge on any atom is -0.341 e. The molecular weight excluding hydrogens is 256 g/mol. The summed E-state index contributed by atoms with van der Waals surface area (Å²) >= 11 is 1.84. The van der Waals surface area contributed by atoms with Crippen LogP contribution < -0.4 is 5.32 Å². The predicted octanol–water partition coefficient (Wildman–Crippen LogP) is 2.59. The first kappa shape index (κ1) is 14.5. The van der Waals surface area contributed by atoms with Gasteiger partial charge in [0, 0.05) is 28.9 Å². The van der Waals surface area contributed by atoms with Gasteiger partial charge in [0.2, 0.25) is 5.91 Å². The largest absolute Gasteiger partial charge is 0.341 e. The smallest absolute Gasteiger partial charge is 0.239 e. The first-order valence-electron chi connectivity index (χ1n) is 7.16. The second kappa shape index (κ2) is 6.53. The fourth-order valence-electron chi connectivity index (χ4n) is 2.66. The molecule has 4 heteroatoms. The highest BCUT2D eigenvalue weighted by molar-refractivity contribution is 7.11. The fraction of sp³-hybridized carbons (Fsp3) is 0.667. The zero-order chi connectivity index (χ0) is 13.8. The number of rotatable bonds is 5. The van der Waals surface area contributed by atoms with Crippen LogP contribution in [0.1, 0.15) is 36.4 Å². The van der Waals surface area contributed by atoms with Crippen molar-refractivity contribution in [2.75, 3.05) is 13.1 Å². The van der Waals surface area contributed by atoms with E-state index >= 15 is 0 Å². The molecule has 0 saturated carbocycles. The third-order valence-electron chi connectivity index (χ3n) is 3.63. The number of nitrogens with one attached hydrogen (secondary N) is 1. The van der Waals surface area contributed by atoms with Crippen molar-refractivity contribution in [1.29, 1.82) is 0 Å². The van der Waals surface area contributed by atoms with Gasteiger partial charge in [0.15, 0.2) is 0 Å². The van der Waals surface area contributed by atoms with Crippen LogP contribution in [0.15, 0.2) is 12.1 Å². The molecule has 1 aromatic heterocycles. The van der Waals surface area contributed by atoms with E-state index in [1.165, 1.54) is 9.75 Å². The molecule has 1 aromatic rings. The summed E-state index contributed by atoms with van der Waals surface area (Å²) in [6.07, 6.45) is 3.31. The standard InChI is InChI=1S/C15H24N2OS/c1-11(10-14-7-6-12(2)19-14)16-13(3)15(18)17-8-4-5-9-17/h6-7,11,13,16H,4-5,8-10H2,1-3H3. The number of nitrogens with zero attached hydrogens (tertiary/aromatic N) is 1. The van der Waals surface area contributed by atoms with E-state index in [0.29, 0.717) is 6.04 Å². The van der Waals surface area contributed by atoms with E-state index in [0.717, 1.165) is 32.4 Å². The number of aryl methyl sites for hydroxylation is 1. The van der Waals surface area contributed by atoms with Crippen LogP contribution in [0.25, 0.3) is 0 Å². The molecular formula is C15H24N2OS. The Hall–Kier alpha value is -0.870. The van der Waals surface area contributed by atoms with Crippen LogP contribution in [0.3, 0.4) is 0 Å². The van der Waals surface area contributed by atoms with Crippen molar-refractivity contribution in [3.05, 3.63) is 21.9 Å². The number of carbonyl (C=O) groups is 1. The van der Waals surface area contributed by atoms with Gasteiger partial charge in [-0.3, -0.25) is 4.79 Å².